The Labute approximate surface area is 116 Å². The highest BCUT2D eigenvalue weighted by atomic mass is 16.5. The third-order valence-electron chi connectivity index (χ3n) is 3.45. The van der Waals surface area contributed by atoms with E-state index in [1.807, 2.05) is 0 Å². The lowest BCUT2D eigenvalue weighted by molar-refractivity contribution is 0.309. The smallest absolute Gasteiger partial charge is 0.266 e. The SMILES string of the molecule is CN1CCN(c2noc(-c3ccc(N)cc3O)n2)CC1. The largest absolute Gasteiger partial charge is 0.507 e. The Bertz CT molecular complexity index is 605. The number of anilines is 2. The Balaban J connectivity index is 1.83. The van der Waals surface area contributed by atoms with Crippen molar-refractivity contribution >= 4 is 11.6 Å². The molecule has 1 saturated heterocycles. The minimum atomic E-state index is 0.0403. The van der Waals surface area contributed by atoms with Crippen LogP contribution in [0, 0.1) is 0 Å². The molecule has 0 atom stereocenters. The van der Waals surface area contributed by atoms with Gasteiger partial charge in [0.25, 0.3) is 11.8 Å². The van der Waals surface area contributed by atoms with Crippen LogP contribution >= 0.6 is 0 Å². The van der Waals surface area contributed by atoms with Crippen molar-refractivity contribution < 1.29 is 9.63 Å². The number of hydrogen-bond donors (Lipinski definition) is 2. The molecule has 0 saturated carbocycles. The molecule has 1 aliphatic rings. The first-order chi connectivity index (χ1) is 9.63. The van der Waals surface area contributed by atoms with Gasteiger partial charge in [-0.1, -0.05) is 0 Å². The summed E-state index contributed by atoms with van der Waals surface area (Å²) in [6.07, 6.45) is 0. The molecule has 3 N–H and O–H groups in total. The number of rotatable bonds is 2. The number of phenols is 1. The quantitative estimate of drug-likeness (QED) is 0.782. The number of aromatic nitrogens is 2. The van der Waals surface area contributed by atoms with E-state index in [1.165, 1.54) is 6.07 Å². The summed E-state index contributed by atoms with van der Waals surface area (Å²) in [7, 11) is 2.09. The Morgan fingerprint density at radius 1 is 1.25 bits per heavy atom. The summed E-state index contributed by atoms with van der Waals surface area (Å²) >= 11 is 0. The van der Waals surface area contributed by atoms with E-state index in [4.69, 9.17) is 10.3 Å². The van der Waals surface area contributed by atoms with Crippen molar-refractivity contribution in [2.75, 3.05) is 43.9 Å². The van der Waals surface area contributed by atoms with Crippen molar-refractivity contribution in [2.45, 2.75) is 0 Å². The first-order valence-electron chi connectivity index (χ1n) is 6.49. The van der Waals surface area contributed by atoms with Gasteiger partial charge in [-0.25, -0.2) is 0 Å². The molecule has 0 spiro atoms. The fraction of sp³-hybridized carbons (Fsp3) is 0.385. The standard InChI is InChI=1S/C13H17N5O2/c1-17-4-6-18(7-5-17)13-15-12(20-16-13)10-3-2-9(14)8-11(10)19/h2-3,8,19H,4-7,14H2,1H3. The molecule has 106 valence electrons. The second kappa shape index (κ2) is 5.01. The van der Waals surface area contributed by atoms with Crippen molar-refractivity contribution in [3.05, 3.63) is 18.2 Å². The number of piperazine rings is 1. The van der Waals surface area contributed by atoms with Gasteiger partial charge in [0.2, 0.25) is 0 Å². The molecule has 0 aliphatic carbocycles. The molecule has 1 aromatic carbocycles. The van der Waals surface area contributed by atoms with Crippen LogP contribution in [0.3, 0.4) is 0 Å². The van der Waals surface area contributed by atoms with Gasteiger partial charge in [0.15, 0.2) is 0 Å². The van der Waals surface area contributed by atoms with Crippen molar-refractivity contribution in [2.24, 2.45) is 0 Å². The molecule has 0 bridgehead atoms. The summed E-state index contributed by atoms with van der Waals surface area (Å²) in [4.78, 5) is 8.67. The zero-order valence-electron chi connectivity index (χ0n) is 11.3. The van der Waals surface area contributed by atoms with E-state index in [1.54, 1.807) is 12.1 Å². The number of aromatic hydroxyl groups is 1. The van der Waals surface area contributed by atoms with Gasteiger partial charge in [0, 0.05) is 37.9 Å². The van der Waals surface area contributed by atoms with Gasteiger partial charge in [-0.05, 0) is 24.3 Å². The molecule has 1 aliphatic heterocycles. The lowest BCUT2D eigenvalue weighted by Crippen LogP contribution is -2.44. The van der Waals surface area contributed by atoms with Crippen molar-refractivity contribution in [1.82, 2.24) is 15.0 Å². The van der Waals surface area contributed by atoms with Crippen LogP contribution in [0.1, 0.15) is 0 Å². The van der Waals surface area contributed by atoms with Crippen molar-refractivity contribution in [1.29, 1.82) is 0 Å². The van der Waals surface area contributed by atoms with Crippen LogP contribution in [0.4, 0.5) is 11.6 Å². The van der Waals surface area contributed by atoms with E-state index >= 15 is 0 Å². The van der Waals surface area contributed by atoms with Crippen LogP contribution in [-0.2, 0) is 0 Å². The Morgan fingerprint density at radius 2 is 2.00 bits per heavy atom. The first kappa shape index (κ1) is 12.7. The fourth-order valence-corrected chi connectivity index (χ4v) is 2.19. The van der Waals surface area contributed by atoms with Crippen LogP contribution in [-0.4, -0.2) is 53.4 Å². The zero-order valence-corrected chi connectivity index (χ0v) is 11.3. The monoisotopic (exact) mass is 275 g/mol. The molecule has 7 nitrogen and oxygen atoms in total. The molecular formula is C13H17N5O2. The lowest BCUT2D eigenvalue weighted by Gasteiger charge is -2.31. The maximum Gasteiger partial charge on any atom is 0.266 e. The average Bonchev–Trinajstić information content (AvgIpc) is 2.89. The fourth-order valence-electron chi connectivity index (χ4n) is 2.19. The molecule has 3 rings (SSSR count). The molecular weight excluding hydrogens is 258 g/mol. The van der Waals surface area contributed by atoms with Gasteiger partial charge in [-0.15, -0.1) is 0 Å². The zero-order chi connectivity index (χ0) is 14.1. The highest BCUT2D eigenvalue weighted by molar-refractivity contribution is 5.66. The van der Waals surface area contributed by atoms with Crippen LogP contribution in [0.5, 0.6) is 5.75 Å². The van der Waals surface area contributed by atoms with E-state index in [9.17, 15) is 5.11 Å². The van der Waals surface area contributed by atoms with Gasteiger partial charge >= 0.3 is 0 Å². The lowest BCUT2D eigenvalue weighted by atomic mass is 10.2. The average molecular weight is 275 g/mol. The van der Waals surface area contributed by atoms with E-state index in [-0.39, 0.29) is 5.75 Å². The van der Waals surface area contributed by atoms with E-state index in [0.717, 1.165) is 26.2 Å². The number of benzene rings is 1. The number of nitrogens with two attached hydrogens (primary N) is 1. The van der Waals surface area contributed by atoms with Gasteiger partial charge < -0.3 is 25.2 Å². The normalized spacial score (nSPS) is 16.6. The summed E-state index contributed by atoms with van der Waals surface area (Å²) in [6.45, 7) is 3.67. The third kappa shape index (κ3) is 2.39. The van der Waals surface area contributed by atoms with E-state index in [0.29, 0.717) is 23.1 Å². The van der Waals surface area contributed by atoms with Gasteiger partial charge in [0.05, 0.1) is 5.56 Å². The number of likely N-dealkylation sites (N-methyl/N-ethyl adjacent to an activating group) is 1. The number of phenolic OH excluding ortho intramolecular Hbond substituents is 1. The Morgan fingerprint density at radius 3 is 2.70 bits per heavy atom. The predicted molar refractivity (Wildman–Crippen MR) is 75.5 cm³/mol. The third-order valence-corrected chi connectivity index (χ3v) is 3.45. The van der Waals surface area contributed by atoms with E-state index in [2.05, 4.69) is 27.0 Å². The van der Waals surface area contributed by atoms with Crippen LogP contribution in [0.15, 0.2) is 22.7 Å². The predicted octanol–water partition coefficient (Wildman–Crippen LogP) is 0.776. The molecule has 1 aromatic heterocycles. The number of nitrogen functional groups attached to an aromatic ring is 1. The molecule has 0 radical (unpaired) electrons. The first-order valence-corrected chi connectivity index (χ1v) is 6.49. The molecule has 20 heavy (non-hydrogen) atoms. The summed E-state index contributed by atoms with van der Waals surface area (Å²) in [5.74, 6) is 0.902. The minimum Gasteiger partial charge on any atom is -0.507 e. The summed E-state index contributed by atoms with van der Waals surface area (Å²) in [5.41, 5.74) is 6.58. The molecule has 0 amide bonds. The number of hydrogen-bond acceptors (Lipinski definition) is 7. The van der Waals surface area contributed by atoms with Crippen molar-refractivity contribution in [3.63, 3.8) is 0 Å². The Hall–Kier alpha value is -2.28. The minimum absolute atomic E-state index is 0.0403. The highest BCUT2D eigenvalue weighted by Gasteiger charge is 2.20. The van der Waals surface area contributed by atoms with Crippen LogP contribution < -0.4 is 10.6 Å². The second-order valence-electron chi connectivity index (χ2n) is 4.97. The molecule has 2 aromatic rings. The summed E-state index contributed by atoms with van der Waals surface area (Å²) in [6, 6.07) is 4.83. The maximum atomic E-state index is 9.87. The van der Waals surface area contributed by atoms with Crippen molar-refractivity contribution in [3.8, 4) is 17.2 Å². The molecule has 0 unspecified atom stereocenters. The molecule has 1 fully saturated rings. The molecule has 2 heterocycles. The van der Waals surface area contributed by atoms with E-state index < -0.39 is 0 Å². The molecule has 7 heteroatoms. The Kier molecular flexibility index (Phi) is 3.19. The highest BCUT2D eigenvalue weighted by Crippen LogP contribution is 2.30. The van der Waals surface area contributed by atoms with Gasteiger partial charge in [0.1, 0.15) is 5.75 Å². The summed E-state index contributed by atoms with van der Waals surface area (Å²) < 4.78 is 5.23. The second-order valence-corrected chi connectivity index (χ2v) is 4.97. The van der Waals surface area contributed by atoms with Crippen LogP contribution in [0.2, 0.25) is 0 Å². The van der Waals surface area contributed by atoms with Gasteiger partial charge in [-0.2, -0.15) is 4.98 Å². The number of nitrogens with zero attached hydrogens (tertiary/aromatic N) is 4. The van der Waals surface area contributed by atoms with Crippen LogP contribution in [0.25, 0.3) is 11.5 Å². The summed E-state index contributed by atoms with van der Waals surface area (Å²) in [5, 5.41) is 13.9. The maximum absolute atomic E-state index is 9.87. The topological polar surface area (TPSA) is 91.7 Å². The van der Waals surface area contributed by atoms with Gasteiger partial charge in [-0.3, -0.25) is 0 Å².